The first-order valence-electron chi connectivity index (χ1n) is 5.26. The van der Waals surface area contributed by atoms with E-state index in [1.807, 2.05) is 0 Å². The Balaban J connectivity index is 2.55. The van der Waals surface area contributed by atoms with Crippen LogP contribution in [0, 0.1) is 16.0 Å². The second-order valence-electron chi connectivity index (χ2n) is 3.69. The van der Waals surface area contributed by atoms with Crippen LogP contribution >= 0.6 is 0 Å². The standard InChI is InChI=1S/C11H12N2O6/c1-7(11(15)19-12)10(14)18-6-8-2-4-9(5-3-8)13(16)17/h2-5,7H,6,12H2,1H3. The highest BCUT2D eigenvalue weighted by molar-refractivity contribution is 5.94. The lowest BCUT2D eigenvalue weighted by atomic mass is 10.2. The van der Waals surface area contributed by atoms with E-state index in [1.54, 1.807) is 0 Å². The van der Waals surface area contributed by atoms with Gasteiger partial charge in [-0.3, -0.25) is 14.9 Å². The fourth-order valence-corrected chi connectivity index (χ4v) is 1.19. The van der Waals surface area contributed by atoms with Crippen LogP contribution in [0.4, 0.5) is 5.69 Å². The molecule has 8 nitrogen and oxygen atoms in total. The van der Waals surface area contributed by atoms with Crippen LogP contribution in [0.25, 0.3) is 0 Å². The van der Waals surface area contributed by atoms with Gasteiger partial charge in [0.25, 0.3) is 5.69 Å². The van der Waals surface area contributed by atoms with Gasteiger partial charge in [0.1, 0.15) is 6.61 Å². The summed E-state index contributed by atoms with van der Waals surface area (Å²) in [5.74, 6) is 1.84. The zero-order valence-corrected chi connectivity index (χ0v) is 10.1. The van der Waals surface area contributed by atoms with E-state index >= 15 is 0 Å². The third-order valence-electron chi connectivity index (χ3n) is 2.35. The molecule has 0 aliphatic carbocycles. The molecule has 102 valence electrons. The number of rotatable bonds is 5. The highest BCUT2D eigenvalue weighted by atomic mass is 16.7. The summed E-state index contributed by atoms with van der Waals surface area (Å²) in [5, 5.41) is 10.4. The lowest BCUT2D eigenvalue weighted by Gasteiger charge is -2.08. The molecule has 2 N–H and O–H groups in total. The van der Waals surface area contributed by atoms with Gasteiger partial charge < -0.3 is 9.57 Å². The number of carbonyl (C=O) groups is 2. The molecule has 1 atom stereocenters. The van der Waals surface area contributed by atoms with E-state index in [2.05, 4.69) is 10.7 Å². The SMILES string of the molecule is CC(C(=O)ON)C(=O)OCc1ccc([N+](=O)[O-])cc1. The maximum absolute atomic E-state index is 11.4. The van der Waals surface area contributed by atoms with Crippen LogP contribution in [0.3, 0.4) is 0 Å². The molecular weight excluding hydrogens is 256 g/mol. The van der Waals surface area contributed by atoms with Gasteiger partial charge in [-0.25, -0.2) is 4.79 Å². The predicted octanol–water partition coefficient (Wildman–Crippen LogP) is 0.691. The number of hydrogen-bond acceptors (Lipinski definition) is 7. The van der Waals surface area contributed by atoms with E-state index in [4.69, 9.17) is 4.74 Å². The fourth-order valence-electron chi connectivity index (χ4n) is 1.19. The van der Waals surface area contributed by atoms with Crippen molar-refractivity contribution in [1.29, 1.82) is 0 Å². The second kappa shape index (κ2) is 6.45. The van der Waals surface area contributed by atoms with Crippen LogP contribution in [0.5, 0.6) is 0 Å². The Morgan fingerprint density at radius 3 is 2.37 bits per heavy atom. The van der Waals surface area contributed by atoms with Crippen molar-refractivity contribution in [1.82, 2.24) is 0 Å². The molecule has 0 heterocycles. The molecule has 1 rings (SSSR count). The van der Waals surface area contributed by atoms with Crippen LogP contribution in [0.1, 0.15) is 12.5 Å². The van der Waals surface area contributed by atoms with Gasteiger partial charge in [-0.15, -0.1) is 0 Å². The van der Waals surface area contributed by atoms with E-state index < -0.39 is 22.8 Å². The molecule has 1 unspecified atom stereocenters. The van der Waals surface area contributed by atoms with Crippen LogP contribution < -0.4 is 5.90 Å². The van der Waals surface area contributed by atoms with Crippen LogP contribution in [-0.4, -0.2) is 16.9 Å². The monoisotopic (exact) mass is 268 g/mol. The van der Waals surface area contributed by atoms with Crippen molar-refractivity contribution in [2.24, 2.45) is 11.8 Å². The molecule has 0 radical (unpaired) electrons. The molecule has 0 aliphatic heterocycles. The van der Waals surface area contributed by atoms with Gasteiger partial charge in [0, 0.05) is 12.1 Å². The minimum absolute atomic E-state index is 0.0600. The van der Waals surface area contributed by atoms with Crippen molar-refractivity contribution in [3.05, 3.63) is 39.9 Å². The maximum atomic E-state index is 11.4. The highest BCUT2D eigenvalue weighted by Crippen LogP contribution is 2.13. The fraction of sp³-hybridized carbons (Fsp3) is 0.273. The number of nitrogens with zero attached hydrogens (tertiary/aromatic N) is 1. The Hall–Kier alpha value is -2.48. The Labute approximate surface area is 108 Å². The van der Waals surface area contributed by atoms with Gasteiger partial charge >= 0.3 is 11.9 Å². The molecule has 8 heteroatoms. The molecular formula is C11H12N2O6. The number of carbonyl (C=O) groups excluding carboxylic acids is 2. The summed E-state index contributed by atoms with van der Waals surface area (Å²) in [7, 11) is 0. The number of non-ortho nitro benzene ring substituents is 1. The summed E-state index contributed by atoms with van der Waals surface area (Å²) in [6.45, 7) is 1.20. The minimum Gasteiger partial charge on any atom is -0.460 e. The summed E-state index contributed by atoms with van der Waals surface area (Å²) in [6.07, 6.45) is 0. The number of hydrogen-bond donors (Lipinski definition) is 1. The van der Waals surface area contributed by atoms with E-state index in [1.165, 1.54) is 31.2 Å². The maximum Gasteiger partial charge on any atom is 0.338 e. The van der Waals surface area contributed by atoms with Gasteiger partial charge in [-0.2, -0.15) is 5.90 Å². The summed E-state index contributed by atoms with van der Waals surface area (Å²) in [6, 6.07) is 5.50. The predicted molar refractivity (Wildman–Crippen MR) is 62.3 cm³/mol. The van der Waals surface area contributed by atoms with Gasteiger partial charge in [0.05, 0.1) is 4.92 Å². The van der Waals surface area contributed by atoms with Crippen molar-refractivity contribution in [2.75, 3.05) is 0 Å². The van der Waals surface area contributed by atoms with Crippen molar-refractivity contribution in [3.63, 3.8) is 0 Å². The molecule has 0 fully saturated rings. The largest absolute Gasteiger partial charge is 0.460 e. The smallest absolute Gasteiger partial charge is 0.338 e. The first kappa shape index (κ1) is 14.6. The van der Waals surface area contributed by atoms with Gasteiger partial charge in [0.2, 0.25) is 0 Å². The van der Waals surface area contributed by atoms with Crippen molar-refractivity contribution in [3.8, 4) is 0 Å². The summed E-state index contributed by atoms with van der Waals surface area (Å²) in [4.78, 5) is 36.2. The van der Waals surface area contributed by atoms with Gasteiger partial charge in [-0.1, -0.05) is 0 Å². The Bertz CT molecular complexity index is 484. The number of nitro groups is 1. The second-order valence-corrected chi connectivity index (χ2v) is 3.69. The van der Waals surface area contributed by atoms with Gasteiger partial charge in [0.15, 0.2) is 5.92 Å². The molecule has 0 amide bonds. The third kappa shape index (κ3) is 4.03. The average Bonchev–Trinajstić information content (AvgIpc) is 2.43. The van der Waals surface area contributed by atoms with E-state index in [0.717, 1.165) is 0 Å². The summed E-state index contributed by atoms with van der Waals surface area (Å²) in [5.41, 5.74) is 0.502. The van der Waals surface area contributed by atoms with Crippen molar-refractivity contribution >= 4 is 17.6 Å². The highest BCUT2D eigenvalue weighted by Gasteiger charge is 2.24. The Kier molecular flexibility index (Phi) is 4.95. The molecule has 1 aromatic carbocycles. The number of nitrogens with two attached hydrogens (primary N) is 1. The van der Waals surface area contributed by atoms with Crippen LogP contribution in [-0.2, 0) is 25.8 Å². The lowest BCUT2D eigenvalue weighted by Crippen LogP contribution is -2.27. The summed E-state index contributed by atoms with van der Waals surface area (Å²) >= 11 is 0. The average molecular weight is 268 g/mol. The third-order valence-corrected chi connectivity index (χ3v) is 2.35. The van der Waals surface area contributed by atoms with E-state index in [0.29, 0.717) is 5.56 Å². The Morgan fingerprint density at radius 1 is 1.32 bits per heavy atom. The molecule has 1 aromatic rings. The van der Waals surface area contributed by atoms with Crippen LogP contribution in [0.2, 0.25) is 0 Å². The topological polar surface area (TPSA) is 122 Å². The minimum atomic E-state index is -1.12. The lowest BCUT2D eigenvalue weighted by molar-refractivity contribution is -0.384. The van der Waals surface area contributed by atoms with Crippen molar-refractivity contribution < 1.29 is 24.1 Å². The number of ether oxygens (including phenoxy) is 1. The molecule has 0 saturated heterocycles. The van der Waals surface area contributed by atoms with E-state index in [-0.39, 0.29) is 12.3 Å². The Morgan fingerprint density at radius 2 is 1.89 bits per heavy atom. The van der Waals surface area contributed by atoms with Crippen molar-refractivity contribution in [2.45, 2.75) is 13.5 Å². The van der Waals surface area contributed by atoms with E-state index in [9.17, 15) is 19.7 Å². The van der Waals surface area contributed by atoms with Gasteiger partial charge in [-0.05, 0) is 24.6 Å². The molecule has 0 aromatic heterocycles. The first-order chi connectivity index (χ1) is 8.95. The quantitative estimate of drug-likeness (QED) is 0.360. The number of benzene rings is 1. The zero-order valence-electron chi connectivity index (χ0n) is 10.1. The number of nitro benzene ring substituents is 1. The molecule has 0 aliphatic rings. The molecule has 0 bridgehead atoms. The molecule has 19 heavy (non-hydrogen) atoms. The first-order valence-corrected chi connectivity index (χ1v) is 5.26. The normalized spacial score (nSPS) is 11.5. The summed E-state index contributed by atoms with van der Waals surface area (Å²) < 4.78 is 4.85. The number of esters is 1. The molecule has 0 spiro atoms. The zero-order chi connectivity index (χ0) is 14.4. The van der Waals surface area contributed by atoms with Crippen LogP contribution in [0.15, 0.2) is 24.3 Å². The molecule has 0 saturated carbocycles.